The molecule has 21 heavy (non-hydrogen) atoms. The Morgan fingerprint density at radius 3 is 2.67 bits per heavy atom. The summed E-state index contributed by atoms with van der Waals surface area (Å²) in [4.78, 5) is 4.38. The van der Waals surface area contributed by atoms with Crippen molar-refractivity contribution < 1.29 is 12.8 Å². The van der Waals surface area contributed by atoms with Crippen LogP contribution in [-0.4, -0.2) is 24.2 Å². The van der Waals surface area contributed by atoms with Gasteiger partial charge in [0.25, 0.3) is 0 Å². The second-order valence-electron chi connectivity index (χ2n) is 4.84. The van der Waals surface area contributed by atoms with Crippen molar-refractivity contribution in [3.8, 4) is 0 Å². The van der Waals surface area contributed by atoms with E-state index in [1.165, 1.54) is 18.3 Å². The number of nitrogens with zero attached hydrogens (tertiary/aromatic N) is 2. The van der Waals surface area contributed by atoms with Gasteiger partial charge in [-0.2, -0.15) is 0 Å². The molecule has 2 heterocycles. The molecule has 1 aromatic carbocycles. The average Bonchev–Trinajstić information content (AvgIpc) is 2.83. The number of benzene rings is 1. The molecule has 0 atom stereocenters. The number of sulfone groups is 1. The molecule has 3 rings (SSSR count). The van der Waals surface area contributed by atoms with Crippen molar-refractivity contribution in [2.75, 3.05) is 6.26 Å². The lowest BCUT2D eigenvalue weighted by atomic mass is 10.2. The first-order valence-corrected chi connectivity index (χ1v) is 8.14. The molecule has 0 aliphatic rings. The number of hydrogen-bond acceptors (Lipinski definition) is 3. The molecule has 2 aromatic heterocycles. The second kappa shape index (κ2) is 4.96. The van der Waals surface area contributed by atoms with Crippen molar-refractivity contribution in [2.24, 2.45) is 0 Å². The molecule has 0 unspecified atom stereocenters. The van der Waals surface area contributed by atoms with Gasteiger partial charge in [0.2, 0.25) is 0 Å². The van der Waals surface area contributed by atoms with E-state index >= 15 is 0 Å². The minimum Gasteiger partial charge on any atom is -0.320 e. The number of halogens is 1. The van der Waals surface area contributed by atoms with Gasteiger partial charge in [-0.25, -0.2) is 17.8 Å². The summed E-state index contributed by atoms with van der Waals surface area (Å²) in [5, 5.41) is 0.708. The molecule has 0 fully saturated rings. The van der Waals surface area contributed by atoms with E-state index in [0.717, 1.165) is 11.8 Å². The van der Waals surface area contributed by atoms with Crippen LogP contribution in [0.15, 0.2) is 47.5 Å². The quantitative estimate of drug-likeness (QED) is 0.746. The first kappa shape index (κ1) is 13.8. The van der Waals surface area contributed by atoms with Gasteiger partial charge in [0.05, 0.1) is 11.1 Å². The highest BCUT2D eigenvalue weighted by molar-refractivity contribution is 7.90. The van der Waals surface area contributed by atoms with E-state index in [-0.39, 0.29) is 10.7 Å². The summed E-state index contributed by atoms with van der Waals surface area (Å²) < 4.78 is 37.7. The summed E-state index contributed by atoms with van der Waals surface area (Å²) in [5.41, 5.74) is 1.56. The lowest BCUT2D eigenvalue weighted by molar-refractivity contribution is 0.601. The van der Waals surface area contributed by atoms with Gasteiger partial charge in [-0.1, -0.05) is 12.1 Å². The molecule has 0 bridgehead atoms. The molecule has 0 spiro atoms. The molecule has 0 aliphatic heterocycles. The van der Waals surface area contributed by atoms with Crippen LogP contribution in [0.3, 0.4) is 0 Å². The Labute approximate surface area is 121 Å². The second-order valence-corrected chi connectivity index (χ2v) is 6.86. The lowest BCUT2D eigenvalue weighted by Gasteiger charge is -2.05. The normalized spacial score (nSPS) is 11.9. The van der Waals surface area contributed by atoms with Crippen LogP contribution >= 0.6 is 0 Å². The molecular weight excluding hydrogens is 291 g/mol. The van der Waals surface area contributed by atoms with Crippen LogP contribution in [-0.2, 0) is 16.4 Å². The zero-order valence-electron chi connectivity index (χ0n) is 11.2. The molecule has 0 N–H and O–H groups in total. The van der Waals surface area contributed by atoms with Crippen molar-refractivity contribution >= 4 is 20.9 Å². The van der Waals surface area contributed by atoms with E-state index in [4.69, 9.17) is 0 Å². The van der Waals surface area contributed by atoms with E-state index in [2.05, 4.69) is 11.2 Å². The van der Waals surface area contributed by atoms with Gasteiger partial charge in [0.1, 0.15) is 11.5 Å². The summed E-state index contributed by atoms with van der Waals surface area (Å²) in [6, 6.07) is 9.46. The number of rotatable bonds is 3. The molecule has 107 valence electrons. The van der Waals surface area contributed by atoms with Crippen molar-refractivity contribution in [3.05, 3.63) is 60.2 Å². The van der Waals surface area contributed by atoms with Gasteiger partial charge in [-0.05, 0) is 29.8 Å². The Hall–Kier alpha value is -2.21. The van der Waals surface area contributed by atoms with Gasteiger partial charge in [0.15, 0.2) is 9.84 Å². The van der Waals surface area contributed by atoms with Crippen molar-refractivity contribution in [3.63, 3.8) is 0 Å². The Morgan fingerprint density at radius 2 is 2.00 bits per heavy atom. The summed E-state index contributed by atoms with van der Waals surface area (Å²) in [6.45, 7) is 0.495. The maximum Gasteiger partial charge on any atom is 0.177 e. The smallest absolute Gasteiger partial charge is 0.177 e. The highest BCUT2D eigenvalue weighted by Crippen LogP contribution is 2.18. The topological polar surface area (TPSA) is 52.0 Å². The maximum absolute atomic E-state index is 12.9. The monoisotopic (exact) mass is 303 g/mol. The standard InChI is InChI=1S/C15H12FN2O2S/c1-21(19,20)14-8-12-6-7-18(15(12)17-9-14)10-11-2-4-13(16)5-3-11/h2-6,8-9H,10H2,1H3. The van der Waals surface area contributed by atoms with Gasteiger partial charge in [-0.3, -0.25) is 0 Å². The fourth-order valence-electron chi connectivity index (χ4n) is 2.09. The van der Waals surface area contributed by atoms with Gasteiger partial charge in [-0.15, -0.1) is 0 Å². The molecular formula is C15H12FN2O2S. The first-order chi connectivity index (χ1) is 9.93. The SMILES string of the molecule is CS(=O)(=O)c1cnc2c(c[c]n2Cc2ccc(F)cc2)c1. The average molecular weight is 303 g/mol. The Kier molecular flexibility index (Phi) is 3.25. The van der Waals surface area contributed by atoms with Gasteiger partial charge >= 0.3 is 0 Å². The van der Waals surface area contributed by atoms with Crippen LogP contribution < -0.4 is 0 Å². The lowest BCUT2D eigenvalue weighted by Crippen LogP contribution is -2.01. The highest BCUT2D eigenvalue weighted by Gasteiger charge is 2.11. The minimum absolute atomic E-state index is 0.183. The molecule has 0 aliphatic carbocycles. The molecule has 6 heteroatoms. The van der Waals surface area contributed by atoms with Gasteiger partial charge in [0, 0.05) is 24.4 Å². The van der Waals surface area contributed by atoms with E-state index < -0.39 is 9.84 Å². The molecule has 0 saturated carbocycles. The predicted octanol–water partition coefficient (Wildman–Crippen LogP) is 2.43. The summed E-state index contributed by atoms with van der Waals surface area (Å²) in [7, 11) is -3.28. The van der Waals surface area contributed by atoms with Crippen molar-refractivity contribution in [2.45, 2.75) is 11.4 Å². The number of pyridine rings is 1. The Morgan fingerprint density at radius 1 is 1.29 bits per heavy atom. The van der Waals surface area contributed by atoms with Crippen molar-refractivity contribution in [1.29, 1.82) is 0 Å². The van der Waals surface area contributed by atoms with Crippen LogP contribution in [0, 0.1) is 12.0 Å². The first-order valence-electron chi connectivity index (χ1n) is 6.25. The van der Waals surface area contributed by atoms with Crippen LogP contribution in [0.5, 0.6) is 0 Å². The van der Waals surface area contributed by atoms with Crippen LogP contribution in [0.4, 0.5) is 4.39 Å². The third kappa shape index (κ3) is 2.80. The Balaban J connectivity index is 1.99. The summed E-state index contributed by atoms with van der Waals surface area (Å²) in [5.74, 6) is -0.281. The fourth-order valence-corrected chi connectivity index (χ4v) is 2.68. The van der Waals surface area contributed by atoms with E-state index in [1.54, 1.807) is 28.8 Å². The Bertz CT molecular complexity index is 899. The zero-order valence-corrected chi connectivity index (χ0v) is 12.1. The summed E-state index contributed by atoms with van der Waals surface area (Å²) in [6.07, 6.45) is 5.51. The van der Waals surface area contributed by atoms with E-state index in [1.807, 2.05) is 0 Å². The van der Waals surface area contributed by atoms with Crippen molar-refractivity contribution in [1.82, 2.24) is 9.55 Å². The third-order valence-corrected chi connectivity index (χ3v) is 4.26. The minimum atomic E-state index is -3.28. The molecule has 0 saturated heterocycles. The zero-order chi connectivity index (χ0) is 15.0. The van der Waals surface area contributed by atoms with Crippen LogP contribution in [0.1, 0.15) is 5.56 Å². The maximum atomic E-state index is 12.9. The molecule has 4 nitrogen and oxygen atoms in total. The number of aromatic nitrogens is 2. The van der Waals surface area contributed by atoms with E-state index in [0.29, 0.717) is 17.6 Å². The van der Waals surface area contributed by atoms with Crippen LogP contribution in [0.25, 0.3) is 11.0 Å². The predicted molar refractivity (Wildman–Crippen MR) is 77.2 cm³/mol. The molecule has 3 aromatic rings. The third-order valence-electron chi connectivity index (χ3n) is 3.18. The largest absolute Gasteiger partial charge is 0.320 e. The number of hydrogen-bond donors (Lipinski definition) is 0. The molecule has 1 radical (unpaired) electrons. The number of fused-ring (bicyclic) bond motifs is 1. The van der Waals surface area contributed by atoms with Gasteiger partial charge < -0.3 is 4.57 Å². The van der Waals surface area contributed by atoms with Crippen LogP contribution in [0.2, 0.25) is 0 Å². The summed E-state index contributed by atoms with van der Waals surface area (Å²) >= 11 is 0. The van der Waals surface area contributed by atoms with E-state index in [9.17, 15) is 12.8 Å². The highest BCUT2D eigenvalue weighted by atomic mass is 32.2. The fraction of sp³-hybridized carbons (Fsp3) is 0.133. The molecule has 0 amide bonds.